The Morgan fingerprint density at radius 2 is 1.88 bits per heavy atom. The lowest BCUT2D eigenvalue weighted by atomic mass is 9.86. The lowest BCUT2D eigenvalue weighted by Crippen LogP contribution is -2.33. The average Bonchev–Trinajstić information content (AvgIpc) is 2.30. The molecule has 0 radical (unpaired) electrons. The van der Waals surface area contributed by atoms with Crippen molar-refractivity contribution in [1.82, 2.24) is 4.90 Å². The first kappa shape index (κ1) is 13.1. The maximum Gasteiger partial charge on any atom is 0.0322 e. The molecule has 90 valence electrons. The van der Waals surface area contributed by atoms with Gasteiger partial charge >= 0.3 is 0 Å². The fraction of sp³-hybridized carbons (Fsp3) is 0.600. The number of hydrogen-bond donors (Lipinski definition) is 0. The van der Waals surface area contributed by atoms with Crippen molar-refractivity contribution in [2.75, 3.05) is 7.05 Å². The van der Waals surface area contributed by atoms with E-state index in [9.17, 15) is 0 Å². The van der Waals surface area contributed by atoms with E-state index in [-0.39, 0.29) is 0 Å². The van der Waals surface area contributed by atoms with Crippen LogP contribution in [-0.2, 0) is 0 Å². The molecule has 0 saturated heterocycles. The zero-order chi connectivity index (χ0) is 12.0. The number of likely N-dealkylation sites (N-methyl/N-ethyl adjacent to an activating group) is 1. The van der Waals surface area contributed by atoms with Crippen LogP contribution in [0.1, 0.15) is 39.0 Å². The van der Waals surface area contributed by atoms with Crippen LogP contribution >= 0.6 is 0 Å². The van der Waals surface area contributed by atoms with E-state index in [0.29, 0.717) is 6.04 Å². The minimum atomic E-state index is 0.699. The number of rotatable bonds is 5. The maximum absolute atomic E-state index is 3.90. The van der Waals surface area contributed by atoms with Gasteiger partial charge in [0, 0.05) is 18.8 Å². The van der Waals surface area contributed by atoms with Crippen LogP contribution in [0.2, 0.25) is 0 Å². The monoisotopic (exact) mass is 219 g/mol. The summed E-state index contributed by atoms with van der Waals surface area (Å²) in [5, 5.41) is 0. The Labute approximate surface area is 101 Å². The molecule has 0 N–H and O–H groups in total. The molecule has 0 aromatic carbocycles. The van der Waals surface area contributed by atoms with Gasteiger partial charge in [0.25, 0.3) is 0 Å². The van der Waals surface area contributed by atoms with Crippen molar-refractivity contribution in [3.05, 3.63) is 37.1 Å². The second-order valence-corrected chi connectivity index (χ2v) is 4.88. The van der Waals surface area contributed by atoms with Crippen molar-refractivity contribution in [3.8, 4) is 0 Å². The van der Waals surface area contributed by atoms with Crippen LogP contribution in [0, 0.1) is 5.92 Å². The van der Waals surface area contributed by atoms with Crippen LogP contribution in [0.25, 0.3) is 0 Å². The Hall–Kier alpha value is -0.980. The molecule has 1 aliphatic rings. The first-order valence-electron chi connectivity index (χ1n) is 6.35. The fourth-order valence-electron chi connectivity index (χ4n) is 2.42. The van der Waals surface area contributed by atoms with Gasteiger partial charge in [0.1, 0.15) is 0 Å². The summed E-state index contributed by atoms with van der Waals surface area (Å²) >= 11 is 0. The second-order valence-electron chi connectivity index (χ2n) is 4.88. The Morgan fingerprint density at radius 3 is 2.38 bits per heavy atom. The highest BCUT2D eigenvalue weighted by Gasteiger charge is 2.21. The molecule has 1 saturated carbocycles. The van der Waals surface area contributed by atoms with E-state index in [0.717, 1.165) is 12.3 Å². The summed E-state index contributed by atoms with van der Waals surface area (Å²) < 4.78 is 0. The molecule has 1 fully saturated rings. The zero-order valence-corrected chi connectivity index (χ0v) is 10.8. The summed E-state index contributed by atoms with van der Waals surface area (Å²) in [7, 11) is 2.19. The molecule has 0 aromatic heterocycles. The summed E-state index contributed by atoms with van der Waals surface area (Å²) in [4.78, 5) is 2.39. The molecular formula is C15H25N. The minimum Gasteiger partial charge on any atom is -0.372 e. The standard InChI is InChI=1S/C15H25N/c1-5-7-8-14(6-2)16(4)15-11-9-13(3)10-12-15/h5-6,8,13,15H,1-2,7,9-12H2,3-4H3/b14-8+. The summed E-state index contributed by atoms with van der Waals surface area (Å²) in [5.74, 6) is 0.911. The molecule has 0 aliphatic heterocycles. The van der Waals surface area contributed by atoms with Crippen LogP contribution in [0.4, 0.5) is 0 Å². The highest BCUT2D eigenvalue weighted by atomic mass is 15.1. The number of hydrogen-bond acceptors (Lipinski definition) is 1. The third-order valence-corrected chi connectivity index (χ3v) is 3.64. The molecular weight excluding hydrogens is 194 g/mol. The van der Waals surface area contributed by atoms with Gasteiger partial charge in [-0.1, -0.05) is 25.7 Å². The SMILES string of the molecule is C=CC/C=C(\C=C)N(C)C1CCC(C)CC1. The third kappa shape index (κ3) is 3.55. The largest absolute Gasteiger partial charge is 0.372 e. The van der Waals surface area contributed by atoms with Gasteiger partial charge in [0.2, 0.25) is 0 Å². The smallest absolute Gasteiger partial charge is 0.0322 e. The third-order valence-electron chi connectivity index (χ3n) is 3.64. The van der Waals surface area contributed by atoms with Crippen molar-refractivity contribution < 1.29 is 0 Å². The molecule has 1 rings (SSSR count). The van der Waals surface area contributed by atoms with Gasteiger partial charge in [0.15, 0.2) is 0 Å². The molecule has 0 aromatic rings. The highest BCUT2D eigenvalue weighted by molar-refractivity contribution is 5.16. The van der Waals surface area contributed by atoms with E-state index in [1.54, 1.807) is 0 Å². The molecule has 0 amide bonds. The number of allylic oxidation sites excluding steroid dienone is 3. The Morgan fingerprint density at radius 1 is 1.25 bits per heavy atom. The maximum atomic E-state index is 3.90. The molecule has 0 spiro atoms. The van der Waals surface area contributed by atoms with Crippen molar-refractivity contribution in [3.63, 3.8) is 0 Å². The van der Waals surface area contributed by atoms with Gasteiger partial charge in [-0.2, -0.15) is 0 Å². The van der Waals surface area contributed by atoms with Gasteiger partial charge in [-0.25, -0.2) is 0 Å². The number of nitrogens with zero attached hydrogens (tertiary/aromatic N) is 1. The molecule has 1 heteroatoms. The minimum absolute atomic E-state index is 0.699. The summed E-state index contributed by atoms with van der Waals surface area (Å²) in [6.07, 6.45) is 12.4. The Balaban J connectivity index is 2.57. The highest BCUT2D eigenvalue weighted by Crippen LogP contribution is 2.28. The lowest BCUT2D eigenvalue weighted by Gasteiger charge is -2.35. The summed E-state index contributed by atoms with van der Waals surface area (Å²) in [6.45, 7) is 10.0. The van der Waals surface area contributed by atoms with Crippen LogP contribution < -0.4 is 0 Å². The molecule has 0 heterocycles. The predicted molar refractivity (Wildman–Crippen MR) is 72.3 cm³/mol. The van der Waals surface area contributed by atoms with Crippen LogP contribution in [0.15, 0.2) is 37.1 Å². The Kier molecular flexibility index (Phi) is 5.37. The molecule has 0 unspecified atom stereocenters. The lowest BCUT2D eigenvalue weighted by molar-refractivity contribution is 0.210. The van der Waals surface area contributed by atoms with Crippen LogP contribution in [-0.4, -0.2) is 18.0 Å². The van der Waals surface area contributed by atoms with E-state index < -0.39 is 0 Å². The van der Waals surface area contributed by atoms with Crippen LogP contribution in [0.3, 0.4) is 0 Å². The zero-order valence-electron chi connectivity index (χ0n) is 10.8. The van der Waals surface area contributed by atoms with Crippen molar-refractivity contribution >= 4 is 0 Å². The second kappa shape index (κ2) is 6.57. The van der Waals surface area contributed by atoms with E-state index >= 15 is 0 Å². The first-order chi connectivity index (χ1) is 7.69. The summed E-state index contributed by atoms with van der Waals surface area (Å²) in [6, 6.07) is 0.699. The van der Waals surface area contributed by atoms with E-state index in [1.807, 2.05) is 12.2 Å². The molecule has 16 heavy (non-hydrogen) atoms. The predicted octanol–water partition coefficient (Wildman–Crippen LogP) is 4.14. The first-order valence-corrected chi connectivity index (χ1v) is 6.35. The van der Waals surface area contributed by atoms with Gasteiger partial charge in [-0.3, -0.25) is 0 Å². The van der Waals surface area contributed by atoms with Gasteiger partial charge < -0.3 is 4.90 Å². The van der Waals surface area contributed by atoms with E-state index in [4.69, 9.17) is 0 Å². The average molecular weight is 219 g/mol. The van der Waals surface area contributed by atoms with Crippen LogP contribution in [0.5, 0.6) is 0 Å². The normalized spacial score (nSPS) is 26.2. The van der Waals surface area contributed by atoms with E-state index in [1.165, 1.54) is 31.4 Å². The summed E-state index contributed by atoms with van der Waals surface area (Å²) in [5.41, 5.74) is 1.25. The quantitative estimate of drug-likeness (QED) is 0.496. The fourth-order valence-corrected chi connectivity index (χ4v) is 2.42. The van der Waals surface area contributed by atoms with Crippen molar-refractivity contribution in [2.24, 2.45) is 5.92 Å². The van der Waals surface area contributed by atoms with Gasteiger partial charge in [-0.05, 0) is 44.1 Å². The van der Waals surface area contributed by atoms with Gasteiger partial charge in [0.05, 0.1) is 0 Å². The van der Waals surface area contributed by atoms with Crippen molar-refractivity contribution in [2.45, 2.75) is 45.1 Å². The topological polar surface area (TPSA) is 3.24 Å². The molecule has 0 bridgehead atoms. The molecule has 0 atom stereocenters. The molecule has 1 aliphatic carbocycles. The molecule has 1 nitrogen and oxygen atoms in total. The van der Waals surface area contributed by atoms with Gasteiger partial charge in [-0.15, -0.1) is 6.58 Å². The van der Waals surface area contributed by atoms with E-state index in [2.05, 4.69) is 38.1 Å². The Bertz CT molecular complexity index is 257. The van der Waals surface area contributed by atoms with Crippen molar-refractivity contribution in [1.29, 1.82) is 0 Å².